The Labute approximate surface area is 164 Å². The van der Waals surface area contributed by atoms with Crippen LogP contribution in [0.4, 0.5) is 0 Å². The molecule has 0 aliphatic carbocycles. The maximum atomic E-state index is 5.97. The molecule has 2 rings (SSSR count). The van der Waals surface area contributed by atoms with E-state index in [0.717, 1.165) is 24.0 Å². The average molecular weight is 377 g/mol. The molecule has 1 aromatic rings. The molecular weight excluding hydrogens is 340 g/mol. The van der Waals surface area contributed by atoms with E-state index in [4.69, 9.17) is 14.5 Å². The summed E-state index contributed by atoms with van der Waals surface area (Å²) in [5, 5.41) is 6.95. The number of benzene rings is 1. The minimum absolute atomic E-state index is 0.0148. The van der Waals surface area contributed by atoms with Crippen molar-refractivity contribution in [2.24, 2.45) is 4.99 Å². The van der Waals surface area contributed by atoms with Gasteiger partial charge >= 0.3 is 0 Å². The number of hydrogen-bond acceptors (Lipinski definition) is 4. The van der Waals surface area contributed by atoms with Crippen LogP contribution in [-0.4, -0.2) is 62.8 Å². The Morgan fingerprint density at radius 3 is 2.67 bits per heavy atom. The van der Waals surface area contributed by atoms with E-state index in [9.17, 15) is 0 Å². The second kappa shape index (κ2) is 11.7. The number of nitrogens with zero attached hydrogens (tertiary/aromatic N) is 2. The predicted molar refractivity (Wildman–Crippen MR) is 112 cm³/mol. The highest BCUT2D eigenvalue weighted by Gasteiger charge is 2.19. The molecule has 0 spiro atoms. The molecule has 1 aromatic carbocycles. The maximum absolute atomic E-state index is 5.97. The van der Waals surface area contributed by atoms with Gasteiger partial charge in [-0.2, -0.15) is 0 Å². The van der Waals surface area contributed by atoms with Gasteiger partial charge < -0.3 is 25.0 Å². The van der Waals surface area contributed by atoms with Crippen LogP contribution >= 0.6 is 0 Å². The maximum Gasteiger partial charge on any atom is 0.191 e. The fourth-order valence-electron chi connectivity index (χ4n) is 3.29. The second-order valence-corrected chi connectivity index (χ2v) is 7.09. The summed E-state index contributed by atoms with van der Waals surface area (Å²) in [4.78, 5) is 7.27. The lowest BCUT2D eigenvalue weighted by Crippen LogP contribution is -2.49. The van der Waals surface area contributed by atoms with E-state index in [1.807, 2.05) is 31.2 Å². The van der Waals surface area contributed by atoms with Crippen molar-refractivity contribution in [2.45, 2.75) is 52.2 Å². The first-order chi connectivity index (χ1) is 13.1. The lowest BCUT2D eigenvalue weighted by atomic mass is 10.1. The van der Waals surface area contributed by atoms with E-state index in [0.29, 0.717) is 12.6 Å². The fourth-order valence-corrected chi connectivity index (χ4v) is 3.29. The number of likely N-dealkylation sites (tertiary alicyclic amines) is 1. The molecule has 1 aliphatic heterocycles. The van der Waals surface area contributed by atoms with Crippen LogP contribution in [0.3, 0.4) is 0 Å². The number of rotatable bonds is 9. The summed E-state index contributed by atoms with van der Waals surface area (Å²) in [5.41, 5.74) is 0. The molecule has 6 nitrogen and oxygen atoms in total. The fraction of sp³-hybridized carbons (Fsp3) is 0.667. The van der Waals surface area contributed by atoms with Crippen molar-refractivity contribution < 1.29 is 9.47 Å². The van der Waals surface area contributed by atoms with Gasteiger partial charge in [0.05, 0.1) is 13.7 Å². The first-order valence-electron chi connectivity index (χ1n) is 10.2. The van der Waals surface area contributed by atoms with Crippen LogP contribution in [0.15, 0.2) is 29.3 Å². The smallest absolute Gasteiger partial charge is 0.191 e. The number of nitrogens with one attached hydrogen (secondary N) is 2. The van der Waals surface area contributed by atoms with E-state index in [1.165, 1.54) is 38.9 Å². The van der Waals surface area contributed by atoms with Crippen molar-refractivity contribution in [1.82, 2.24) is 15.5 Å². The van der Waals surface area contributed by atoms with Gasteiger partial charge in [-0.25, -0.2) is 4.99 Å². The molecule has 0 bridgehead atoms. The number of piperidine rings is 1. The number of aliphatic imine (C=N–C) groups is 1. The third kappa shape index (κ3) is 7.67. The normalized spacial score (nSPS) is 17.4. The lowest BCUT2D eigenvalue weighted by Gasteiger charge is -2.32. The van der Waals surface area contributed by atoms with Gasteiger partial charge in [0.25, 0.3) is 0 Å². The molecule has 2 N–H and O–H groups in total. The van der Waals surface area contributed by atoms with Gasteiger partial charge in [-0.15, -0.1) is 0 Å². The highest BCUT2D eigenvalue weighted by molar-refractivity contribution is 5.80. The minimum Gasteiger partial charge on any atom is -0.497 e. The van der Waals surface area contributed by atoms with Crippen LogP contribution in [-0.2, 0) is 0 Å². The van der Waals surface area contributed by atoms with Crippen molar-refractivity contribution >= 4 is 5.96 Å². The highest BCUT2D eigenvalue weighted by Crippen LogP contribution is 2.20. The van der Waals surface area contributed by atoms with Crippen LogP contribution in [0.5, 0.6) is 11.5 Å². The van der Waals surface area contributed by atoms with Crippen molar-refractivity contribution in [3.63, 3.8) is 0 Å². The summed E-state index contributed by atoms with van der Waals surface area (Å²) < 4.78 is 11.2. The molecule has 1 unspecified atom stereocenters. The topological polar surface area (TPSA) is 58.1 Å². The van der Waals surface area contributed by atoms with Crippen LogP contribution < -0.4 is 20.1 Å². The summed E-state index contributed by atoms with van der Waals surface area (Å²) in [6, 6.07) is 8.17. The Balaban J connectivity index is 1.83. The summed E-state index contributed by atoms with van der Waals surface area (Å²) in [5.74, 6) is 2.48. The molecule has 1 atom stereocenters. The zero-order chi connectivity index (χ0) is 19.5. The molecule has 0 radical (unpaired) electrons. The highest BCUT2D eigenvalue weighted by atomic mass is 16.5. The Morgan fingerprint density at radius 1 is 1.26 bits per heavy atom. The molecule has 0 saturated carbocycles. The Morgan fingerprint density at radius 2 is 2.00 bits per heavy atom. The zero-order valence-corrected chi connectivity index (χ0v) is 17.3. The summed E-state index contributed by atoms with van der Waals surface area (Å²) in [6.45, 7) is 11.4. The van der Waals surface area contributed by atoms with E-state index in [1.54, 1.807) is 7.11 Å². The monoisotopic (exact) mass is 376 g/mol. The van der Waals surface area contributed by atoms with Gasteiger partial charge in [-0.3, -0.25) is 0 Å². The van der Waals surface area contributed by atoms with Crippen LogP contribution in [0.1, 0.15) is 40.0 Å². The Kier molecular flexibility index (Phi) is 9.25. The van der Waals surface area contributed by atoms with Crippen molar-refractivity contribution in [3.8, 4) is 11.5 Å². The van der Waals surface area contributed by atoms with Crippen molar-refractivity contribution in [3.05, 3.63) is 24.3 Å². The molecule has 0 aromatic heterocycles. The lowest BCUT2D eigenvalue weighted by molar-refractivity contribution is 0.206. The van der Waals surface area contributed by atoms with E-state index in [2.05, 4.69) is 29.4 Å². The van der Waals surface area contributed by atoms with Crippen LogP contribution in [0.25, 0.3) is 0 Å². The zero-order valence-electron chi connectivity index (χ0n) is 17.3. The third-order valence-electron chi connectivity index (χ3n) is 4.70. The quantitative estimate of drug-likeness (QED) is 0.513. The van der Waals surface area contributed by atoms with Gasteiger partial charge in [-0.05, 0) is 51.8 Å². The average Bonchev–Trinajstić information content (AvgIpc) is 2.68. The van der Waals surface area contributed by atoms with Gasteiger partial charge in [-0.1, -0.05) is 13.0 Å². The van der Waals surface area contributed by atoms with Gasteiger partial charge in [0.2, 0.25) is 0 Å². The summed E-state index contributed by atoms with van der Waals surface area (Å²) >= 11 is 0. The standard InChI is InChI=1S/C21H36N4O2/c1-5-12-25-13-10-18(11-14-25)24-21(22-6-2)23-16-17(3)27-20-9-7-8-19(15-20)26-4/h7-9,15,17-18H,5-6,10-14,16H2,1-4H3,(H2,22,23,24). The number of hydrogen-bond donors (Lipinski definition) is 2. The third-order valence-corrected chi connectivity index (χ3v) is 4.70. The van der Waals surface area contributed by atoms with E-state index >= 15 is 0 Å². The number of guanidine groups is 1. The molecular formula is C21H36N4O2. The molecule has 1 aliphatic rings. The number of ether oxygens (including phenoxy) is 2. The molecule has 1 fully saturated rings. The van der Waals surface area contributed by atoms with Crippen LogP contribution in [0.2, 0.25) is 0 Å². The molecule has 1 heterocycles. The minimum atomic E-state index is -0.0148. The molecule has 0 amide bonds. The van der Waals surface area contributed by atoms with E-state index < -0.39 is 0 Å². The van der Waals surface area contributed by atoms with Crippen LogP contribution in [0, 0.1) is 0 Å². The van der Waals surface area contributed by atoms with Gasteiger partial charge in [0.1, 0.15) is 17.6 Å². The number of methoxy groups -OCH3 is 1. The Hall–Kier alpha value is -1.95. The summed E-state index contributed by atoms with van der Waals surface area (Å²) in [6.07, 6.45) is 3.55. The molecule has 1 saturated heterocycles. The largest absolute Gasteiger partial charge is 0.497 e. The summed E-state index contributed by atoms with van der Waals surface area (Å²) in [7, 11) is 1.66. The molecule has 27 heavy (non-hydrogen) atoms. The van der Waals surface area contributed by atoms with E-state index in [-0.39, 0.29) is 6.10 Å². The van der Waals surface area contributed by atoms with Gasteiger partial charge in [0, 0.05) is 31.7 Å². The first-order valence-corrected chi connectivity index (χ1v) is 10.2. The predicted octanol–water partition coefficient (Wildman–Crippen LogP) is 2.89. The first kappa shape index (κ1) is 21.4. The second-order valence-electron chi connectivity index (χ2n) is 7.09. The van der Waals surface area contributed by atoms with Gasteiger partial charge in [0.15, 0.2) is 5.96 Å². The SMILES string of the molecule is CCCN1CCC(NC(=NCC(C)Oc2cccc(OC)c2)NCC)CC1. The molecule has 6 heteroatoms. The molecule has 152 valence electrons. The Bertz CT molecular complexity index is 571. The van der Waals surface area contributed by atoms with Crippen molar-refractivity contribution in [1.29, 1.82) is 0 Å². The van der Waals surface area contributed by atoms with Crippen molar-refractivity contribution in [2.75, 3.05) is 39.8 Å².